The number of nitrogens with zero attached hydrogens (tertiary/aromatic N) is 2. The van der Waals surface area contributed by atoms with Crippen LogP contribution in [0, 0.1) is 0 Å². The molecule has 6 heteroatoms. The molecule has 0 aliphatic rings. The lowest BCUT2D eigenvalue weighted by molar-refractivity contribution is 0.0946. The second kappa shape index (κ2) is 6.67. The fraction of sp³-hybridized carbons (Fsp3) is 0.400. The van der Waals surface area contributed by atoms with E-state index in [1.807, 2.05) is 19.2 Å². The fourth-order valence-electron chi connectivity index (χ4n) is 1.95. The number of nitrogens with one attached hydrogen (secondary N) is 1. The maximum Gasteiger partial charge on any atom is 0.272 e. The van der Waals surface area contributed by atoms with Crippen molar-refractivity contribution in [1.29, 1.82) is 0 Å². The van der Waals surface area contributed by atoms with Gasteiger partial charge in [0.1, 0.15) is 5.82 Å². The first kappa shape index (κ1) is 15.4. The number of aromatic nitrogens is 2. The Bertz CT molecular complexity index is 636. The summed E-state index contributed by atoms with van der Waals surface area (Å²) in [5.41, 5.74) is 7.63. The SMILES string of the molecule is CCc1ccsc1CNC(=O)c1nc(C(C)C)ncc1N. The molecule has 1 amide bonds. The molecule has 5 nitrogen and oxygen atoms in total. The zero-order valence-corrected chi connectivity index (χ0v) is 13.3. The smallest absolute Gasteiger partial charge is 0.272 e. The summed E-state index contributed by atoms with van der Waals surface area (Å²) in [4.78, 5) is 21.8. The van der Waals surface area contributed by atoms with Gasteiger partial charge in [0, 0.05) is 10.8 Å². The number of carbonyl (C=O) groups excluding carboxylic acids is 1. The number of nitrogen functional groups attached to an aromatic ring is 1. The van der Waals surface area contributed by atoms with E-state index in [9.17, 15) is 4.79 Å². The van der Waals surface area contributed by atoms with Crippen molar-refractivity contribution in [3.8, 4) is 0 Å². The third-order valence-corrected chi connectivity index (χ3v) is 4.16. The van der Waals surface area contributed by atoms with E-state index in [-0.39, 0.29) is 17.5 Å². The lowest BCUT2D eigenvalue weighted by atomic mass is 10.2. The Kier molecular flexibility index (Phi) is 4.90. The molecule has 0 atom stereocenters. The highest BCUT2D eigenvalue weighted by atomic mass is 32.1. The number of hydrogen-bond acceptors (Lipinski definition) is 5. The molecule has 0 saturated heterocycles. The summed E-state index contributed by atoms with van der Waals surface area (Å²) in [7, 11) is 0. The van der Waals surface area contributed by atoms with E-state index >= 15 is 0 Å². The van der Waals surface area contributed by atoms with E-state index in [1.165, 1.54) is 16.6 Å². The van der Waals surface area contributed by atoms with Crippen LogP contribution < -0.4 is 11.1 Å². The highest BCUT2D eigenvalue weighted by Crippen LogP contribution is 2.18. The van der Waals surface area contributed by atoms with E-state index < -0.39 is 0 Å². The van der Waals surface area contributed by atoms with Gasteiger partial charge in [-0.1, -0.05) is 20.8 Å². The van der Waals surface area contributed by atoms with E-state index in [4.69, 9.17) is 5.73 Å². The largest absolute Gasteiger partial charge is 0.396 e. The van der Waals surface area contributed by atoms with Gasteiger partial charge in [-0.15, -0.1) is 11.3 Å². The predicted molar refractivity (Wildman–Crippen MR) is 85.4 cm³/mol. The molecular formula is C15H20N4OS. The van der Waals surface area contributed by atoms with E-state index in [0.717, 1.165) is 6.42 Å². The van der Waals surface area contributed by atoms with E-state index in [2.05, 4.69) is 28.3 Å². The lowest BCUT2D eigenvalue weighted by Gasteiger charge is -2.09. The summed E-state index contributed by atoms with van der Waals surface area (Å²) in [5.74, 6) is 0.521. The number of thiophene rings is 1. The van der Waals surface area contributed by atoms with Crippen LogP contribution in [0.4, 0.5) is 5.69 Å². The van der Waals surface area contributed by atoms with Gasteiger partial charge in [-0.05, 0) is 23.4 Å². The average Bonchev–Trinajstić information content (AvgIpc) is 2.92. The molecule has 112 valence electrons. The fourth-order valence-corrected chi connectivity index (χ4v) is 2.86. The van der Waals surface area contributed by atoms with Crippen LogP contribution in [0.25, 0.3) is 0 Å². The van der Waals surface area contributed by atoms with Crippen LogP contribution in [0.5, 0.6) is 0 Å². The van der Waals surface area contributed by atoms with Crippen LogP contribution in [0.1, 0.15) is 53.4 Å². The normalized spacial score (nSPS) is 10.9. The zero-order chi connectivity index (χ0) is 15.4. The third kappa shape index (κ3) is 3.58. The number of carbonyl (C=O) groups is 1. The molecule has 0 aliphatic carbocycles. The van der Waals surface area contributed by atoms with E-state index in [1.54, 1.807) is 11.3 Å². The maximum absolute atomic E-state index is 12.3. The van der Waals surface area contributed by atoms with Gasteiger partial charge in [0.2, 0.25) is 0 Å². The summed E-state index contributed by atoms with van der Waals surface area (Å²) >= 11 is 1.64. The van der Waals surface area contributed by atoms with Crippen molar-refractivity contribution in [3.63, 3.8) is 0 Å². The predicted octanol–water partition coefficient (Wildman–Crippen LogP) is 2.74. The molecule has 0 unspecified atom stereocenters. The summed E-state index contributed by atoms with van der Waals surface area (Å²) < 4.78 is 0. The van der Waals surface area contributed by atoms with Crippen LogP contribution >= 0.6 is 11.3 Å². The molecular weight excluding hydrogens is 284 g/mol. The highest BCUT2D eigenvalue weighted by Gasteiger charge is 2.15. The highest BCUT2D eigenvalue weighted by molar-refractivity contribution is 7.10. The van der Waals surface area contributed by atoms with Gasteiger partial charge in [0.25, 0.3) is 5.91 Å². The first-order chi connectivity index (χ1) is 10.0. The Labute approximate surface area is 128 Å². The molecule has 0 fully saturated rings. The van der Waals surface area contributed by atoms with Crippen LogP contribution in [0.15, 0.2) is 17.6 Å². The minimum atomic E-state index is -0.257. The Morgan fingerprint density at radius 1 is 1.48 bits per heavy atom. The third-order valence-electron chi connectivity index (χ3n) is 3.20. The van der Waals surface area contributed by atoms with Crippen LogP contribution in [-0.4, -0.2) is 15.9 Å². The van der Waals surface area contributed by atoms with Crippen molar-refractivity contribution in [2.45, 2.75) is 39.7 Å². The molecule has 0 radical (unpaired) electrons. The number of hydrogen-bond donors (Lipinski definition) is 2. The number of rotatable bonds is 5. The maximum atomic E-state index is 12.3. The van der Waals surface area contributed by atoms with Gasteiger partial charge in [-0.25, -0.2) is 9.97 Å². The zero-order valence-electron chi connectivity index (χ0n) is 12.5. The number of nitrogens with two attached hydrogens (primary N) is 1. The van der Waals surface area contributed by atoms with Crippen molar-refractivity contribution < 1.29 is 4.79 Å². The Morgan fingerprint density at radius 2 is 2.24 bits per heavy atom. The minimum Gasteiger partial charge on any atom is -0.396 e. The summed E-state index contributed by atoms with van der Waals surface area (Å²) in [6, 6.07) is 2.09. The molecule has 0 spiro atoms. The summed E-state index contributed by atoms with van der Waals surface area (Å²) in [6.07, 6.45) is 2.46. The Morgan fingerprint density at radius 3 is 2.90 bits per heavy atom. The van der Waals surface area contributed by atoms with Gasteiger partial charge < -0.3 is 11.1 Å². The number of anilines is 1. The van der Waals surface area contributed by atoms with E-state index in [0.29, 0.717) is 18.1 Å². The van der Waals surface area contributed by atoms with Crippen molar-refractivity contribution >= 4 is 22.9 Å². The van der Waals surface area contributed by atoms with Gasteiger partial charge in [-0.2, -0.15) is 0 Å². The monoisotopic (exact) mass is 304 g/mol. The lowest BCUT2D eigenvalue weighted by Crippen LogP contribution is -2.25. The molecule has 2 aromatic rings. The quantitative estimate of drug-likeness (QED) is 0.890. The topological polar surface area (TPSA) is 80.9 Å². The minimum absolute atomic E-state index is 0.154. The van der Waals surface area contributed by atoms with Gasteiger partial charge >= 0.3 is 0 Å². The molecule has 2 rings (SSSR count). The van der Waals surface area contributed by atoms with Crippen LogP contribution in [-0.2, 0) is 13.0 Å². The first-order valence-corrected chi connectivity index (χ1v) is 7.86. The van der Waals surface area contributed by atoms with Gasteiger partial charge in [-0.3, -0.25) is 4.79 Å². The Hall–Kier alpha value is -1.95. The van der Waals surface area contributed by atoms with Crippen molar-refractivity contribution in [3.05, 3.63) is 39.6 Å². The average molecular weight is 304 g/mol. The Balaban J connectivity index is 2.11. The molecule has 2 aromatic heterocycles. The van der Waals surface area contributed by atoms with Gasteiger partial charge in [0.15, 0.2) is 5.69 Å². The molecule has 0 aliphatic heterocycles. The van der Waals surface area contributed by atoms with Crippen molar-refractivity contribution in [2.24, 2.45) is 0 Å². The molecule has 3 N–H and O–H groups in total. The van der Waals surface area contributed by atoms with Crippen LogP contribution in [0.2, 0.25) is 0 Å². The number of amides is 1. The first-order valence-electron chi connectivity index (χ1n) is 6.98. The second-order valence-corrected chi connectivity index (χ2v) is 6.09. The second-order valence-electron chi connectivity index (χ2n) is 5.09. The molecule has 0 aromatic carbocycles. The molecule has 2 heterocycles. The summed E-state index contributed by atoms with van der Waals surface area (Å²) in [5, 5.41) is 4.92. The standard InChI is InChI=1S/C15H20N4OS/c1-4-10-5-6-21-12(10)8-18-15(20)13-11(16)7-17-14(19-13)9(2)3/h5-7,9H,4,8,16H2,1-3H3,(H,18,20). The van der Waals surface area contributed by atoms with Crippen molar-refractivity contribution in [1.82, 2.24) is 15.3 Å². The van der Waals surface area contributed by atoms with Gasteiger partial charge in [0.05, 0.1) is 18.4 Å². The number of aryl methyl sites for hydroxylation is 1. The molecule has 0 bridgehead atoms. The molecule has 0 saturated carbocycles. The summed E-state index contributed by atoms with van der Waals surface area (Å²) in [6.45, 7) is 6.56. The van der Waals surface area contributed by atoms with Crippen LogP contribution in [0.3, 0.4) is 0 Å². The molecule has 21 heavy (non-hydrogen) atoms. The van der Waals surface area contributed by atoms with Crippen molar-refractivity contribution in [2.75, 3.05) is 5.73 Å².